The molecule has 0 unspecified atom stereocenters. The second-order valence-electron chi connectivity index (χ2n) is 6.12. The molecule has 5 nitrogen and oxygen atoms in total. The van der Waals surface area contributed by atoms with Gasteiger partial charge in [-0.05, 0) is 61.7 Å². The Bertz CT molecular complexity index is 737. The maximum Gasteiger partial charge on any atom is 0.255 e. The fourth-order valence-corrected chi connectivity index (χ4v) is 3.15. The molecule has 4 rings (SSSR count). The van der Waals surface area contributed by atoms with Crippen molar-refractivity contribution in [1.82, 2.24) is 0 Å². The molecule has 2 heterocycles. The quantitative estimate of drug-likeness (QED) is 0.936. The number of ether oxygens (including phenoxy) is 2. The summed E-state index contributed by atoms with van der Waals surface area (Å²) in [6.45, 7) is 2.43. The van der Waals surface area contributed by atoms with Gasteiger partial charge in [-0.25, -0.2) is 0 Å². The zero-order chi connectivity index (χ0) is 16.4. The smallest absolute Gasteiger partial charge is 0.255 e. The molecular formula is C19H20N2O3. The normalized spacial score (nSPS) is 16.1. The van der Waals surface area contributed by atoms with E-state index in [1.165, 1.54) is 24.9 Å². The number of nitrogens with one attached hydrogen (secondary N) is 1. The lowest BCUT2D eigenvalue weighted by molar-refractivity contribution is 0.102. The van der Waals surface area contributed by atoms with E-state index in [2.05, 4.69) is 22.3 Å². The number of nitrogens with zero attached hydrogens (tertiary/aromatic N) is 1. The van der Waals surface area contributed by atoms with Crippen molar-refractivity contribution >= 4 is 17.3 Å². The number of piperidine rings is 1. The van der Waals surface area contributed by atoms with E-state index in [1.54, 1.807) is 18.2 Å². The Kier molecular flexibility index (Phi) is 3.99. The van der Waals surface area contributed by atoms with Gasteiger partial charge >= 0.3 is 0 Å². The lowest BCUT2D eigenvalue weighted by Crippen LogP contribution is -2.29. The predicted molar refractivity (Wildman–Crippen MR) is 93.0 cm³/mol. The molecule has 0 radical (unpaired) electrons. The van der Waals surface area contributed by atoms with Crippen molar-refractivity contribution in [3.8, 4) is 11.5 Å². The summed E-state index contributed by atoms with van der Waals surface area (Å²) in [4.78, 5) is 14.8. The molecule has 2 aromatic rings. The highest BCUT2D eigenvalue weighted by molar-refractivity contribution is 6.04. The van der Waals surface area contributed by atoms with Crippen molar-refractivity contribution in [3.63, 3.8) is 0 Å². The van der Waals surface area contributed by atoms with Gasteiger partial charge in [0.25, 0.3) is 5.91 Å². The summed E-state index contributed by atoms with van der Waals surface area (Å²) >= 11 is 0. The summed E-state index contributed by atoms with van der Waals surface area (Å²) in [6.07, 6.45) is 3.82. The van der Waals surface area contributed by atoms with Crippen LogP contribution in [0.1, 0.15) is 29.6 Å². The first-order valence-corrected chi connectivity index (χ1v) is 8.36. The summed E-state index contributed by atoms with van der Waals surface area (Å²) < 4.78 is 10.6. The number of rotatable bonds is 3. The number of carbonyl (C=O) groups is 1. The lowest BCUT2D eigenvalue weighted by atomic mass is 10.1. The van der Waals surface area contributed by atoms with Crippen molar-refractivity contribution in [2.24, 2.45) is 0 Å². The van der Waals surface area contributed by atoms with E-state index in [9.17, 15) is 4.79 Å². The molecule has 0 atom stereocenters. The number of fused-ring (bicyclic) bond motifs is 1. The monoisotopic (exact) mass is 324 g/mol. The van der Waals surface area contributed by atoms with Crippen molar-refractivity contribution in [2.45, 2.75) is 19.3 Å². The van der Waals surface area contributed by atoms with Crippen molar-refractivity contribution < 1.29 is 14.3 Å². The maximum absolute atomic E-state index is 12.4. The fourth-order valence-electron chi connectivity index (χ4n) is 3.15. The zero-order valence-corrected chi connectivity index (χ0v) is 13.5. The van der Waals surface area contributed by atoms with E-state index < -0.39 is 0 Å². The summed E-state index contributed by atoms with van der Waals surface area (Å²) in [7, 11) is 0. The molecule has 24 heavy (non-hydrogen) atoms. The first kappa shape index (κ1) is 14.9. The van der Waals surface area contributed by atoms with Crippen LogP contribution in [0.15, 0.2) is 42.5 Å². The van der Waals surface area contributed by atoms with Gasteiger partial charge in [-0.1, -0.05) is 0 Å². The van der Waals surface area contributed by atoms with Gasteiger partial charge in [0.2, 0.25) is 6.79 Å². The Hall–Kier alpha value is -2.69. The van der Waals surface area contributed by atoms with Crippen LogP contribution in [0.3, 0.4) is 0 Å². The highest BCUT2D eigenvalue weighted by atomic mass is 16.7. The molecule has 0 spiro atoms. The van der Waals surface area contributed by atoms with Crippen LogP contribution in [0.4, 0.5) is 11.4 Å². The Morgan fingerprint density at radius 3 is 2.46 bits per heavy atom. The van der Waals surface area contributed by atoms with Crippen LogP contribution in [0.25, 0.3) is 0 Å². The number of hydrogen-bond acceptors (Lipinski definition) is 4. The number of amides is 1. The molecule has 124 valence electrons. The van der Waals surface area contributed by atoms with Gasteiger partial charge < -0.3 is 19.7 Å². The van der Waals surface area contributed by atoms with Crippen LogP contribution >= 0.6 is 0 Å². The number of anilines is 2. The van der Waals surface area contributed by atoms with Crippen LogP contribution in [0, 0.1) is 0 Å². The maximum atomic E-state index is 12.4. The molecule has 0 aromatic heterocycles. The molecule has 2 aromatic carbocycles. The Labute approximate surface area is 141 Å². The van der Waals surface area contributed by atoms with Crippen molar-refractivity contribution in [2.75, 3.05) is 30.1 Å². The molecule has 0 saturated carbocycles. The van der Waals surface area contributed by atoms with Gasteiger partial charge in [-0.2, -0.15) is 0 Å². The standard InChI is InChI=1S/C19H20N2O3/c22-19(14-4-9-17-18(12-14)24-13-23-17)20-15-5-7-16(8-6-15)21-10-2-1-3-11-21/h4-9,12H,1-3,10-11,13H2,(H,20,22). The SMILES string of the molecule is O=C(Nc1ccc(N2CCCCC2)cc1)c1ccc2c(c1)OCO2. The number of benzene rings is 2. The highest BCUT2D eigenvalue weighted by Crippen LogP contribution is 2.32. The Morgan fingerprint density at radius 1 is 0.917 bits per heavy atom. The van der Waals surface area contributed by atoms with E-state index in [0.29, 0.717) is 17.1 Å². The molecule has 5 heteroatoms. The average Bonchev–Trinajstić information content (AvgIpc) is 3.11. The van der Waals surface area contributed by atoms with Crippen LogP contribution < -0.4 is 19.7 Å². The van der Waals surface area contributed by atoms with Gasteiger partial charge in [0.15, 0.2) is 11.5 Å². The molecule has 1 amide bonds. The summed E-state index contributed by atoms with van der Waals surface area (Å²) in [5.41, 5.74) is 2.56. The largest absolute Gasteiger partial charge is 0.454 e. The van der Waals surface area contributed by atoms with Crippen LogP contribution in [0.2, 0.25) is 0 Å². The molecule has 0 aliphatic carbocycles. The van der Waals surface area contributed by atoms with E-state index >= 15 is 0 Å². The second-order valence-corrected chi connectivity index (χ2v) is 6.12. The van der Waals surface area contributed by atoms with E-state index in [1.807, 2.05) is 12.1 Å². The topological polar surface area (TPSA) is 50.8 Å². The second kappa shape index (κ2) is 6.43. The first-order valence-electron chi connectivity index (χ1n) is 8.36. The number of carbonyl (C=O) groups excluding carboxylic acids is 1. The third-order valence-electron chi connectivity index (χ3n) is 4.48. The molecule has 1 fully saturated rings. The third-order valence-corrected chi connectivity index (χ3v) is 4.48. The van der Waals surface area contributed by atoms with Crippen molar-refractivity contribution in [1.29, 1.82) is 0 Å². The molecule has 2 aliphatic heterocycles. The minimum atomic E-state index is -0.154. The molecule has 2 aliphatic rings. The van der Waals surface area contributed by atoms with Gasteiger partial charge in [0, 0.05) is 30.0 Å². The van der Waals surface area contributed by atoms with E-state index in [4.69, 9.17) is 9.47 Å². The highest BCUT2D eigenvalue weighted by Gasteiger charge is 2.16. The van der Waals surface area contributed by atoms with Crippen molar-refractivity contribution in [3.05, 3.63) is 48.0 Å². The lowest BCUT2D eigenvalue weighted by Gasteiger charge is -2.28. The van der Waals surface area contributed by atoms with Gasteiger partial charge in [-0.15, -0.1) is 0 Å². The minimum absolute atomic E-state index is 0.154. The van der Waals surface area contributed by atoms with Gasteiger partial charge in [-0.3, -0.25) is 4.79 Å². The first-order chi connectivity index (χ1) is 11.8. The zero-order valence-electron chi connectivity index (χ0n) is 13.5. The van der Waals surface area contributed by atoms with E-state index in [-0.39, 0.29) is 12.7 Å². The van der Waals surface area contributed by atoms with Crippen LogP contribution in [-0.4, -0.2) is 25.8 Å². The van der Waals surface area contributed by atoms with Crippen LogP contribution in [-0.2, 0) is 0 Å². The summed E-state index contributed by atoms with van der Waals surface area (Å²) in [5.74, 6) is 1.14. The Morgan fingerprint density at radius 2 is 1.67 bits per heavy atom. The molecule has 0 bridgehead atoms. The number of hydrogen-bond donors (Lipinski definition) is 1. The molecule has 1 saturated heterocycles. The molecule has 1 N–H and O–H groups in total. The Balaban J connectivity index is 1.44. The minimum Gasteiger partial charge on any atom is -0.454 e. The summed E-state index contributed by atoms with van der Waals surface area (Å²) in [6, 6.07) is 13.3. The average molecular weight is 324 g/mol. The predicted octanol–water partition coefficient (Wildman–Crippen LogP) is 3.66. The van der Waals surface area contributed by atoms with E-state index in [0.717, 1.165) is 18.8 Å². The third kappa shape index (κ3) is 3.02. The fraction of sp³-hybridized carbons (Fsp3) is 0.316. The molecular weight excluding hydrogens is 304 g/mol. The van der Waals surface area contributed by atoms with Crippen LogP contribution in [0.5, 0.6) is 11.5 Å². The van der Waals surface area contributed by atoms with Gasteiger partial charge in [0.05, 0.1) is 0 Å². The summed E-state index contributed by atoms with van der Waals surface area (Å²) in [5, 5.41) is 2.93. The van der Waals surface area contributed by atoms with Gasteiger partial charge in [0.1, 0.15) is 0 Å².